The zero-order valence-electron chi connectivity index (χ0n) is 45.3. The molecule has 3 heterocycles. The second-order valence-corrected chi connectivity index (χ2v) is 23.6. The molecular formula is C54H63Cl4N13O12S2+2. The number of benzene rings is 3. The number of halogens is 4. The highest BCUT2D eigenvalue weighted by atomic mass is 35.5. The number of aliphatic hydroxyl groups is 1. The highest BCUT2D eigenvalue weighted by Crippen LogP contribution is 2.38. The van der Waals surface area contributed by atoms with Crippen molar-refractivity contribution in [2.24, 2.45) is 0 Å². The third kappa shape index (κ3) is 19.5. The molecule has 0 spiro atoms. The van der Waals surface area contributed by atoms with Crippen molar-refractivity contribution >= 4 is 107 Å². The number of hydrogen-bond donors (Lipinski definition) is 13. The molecule has 0 atom stereocenters. The molecule has 0 bridgehead atoms. The molecule has 31 heteroatoms. The topological polar surface area (TPSA) is 330 Å². The summed E-state index contributed by atoms with van der Waals surface area (Å²) in [4.78, 5) is 42.6. The van der Waals surface area contributed by atoms with E-state index in [2.05, 4.69) is 52.6 Å². The Bertz CT molecular complexity index is 3560. The summed E-state index contributed by atoms with van der Waals surface area (Å²) in [5.74, 6) is -2.44. The highest BCUT2D eigenvalue weighted by Gasteiger charge is 2.26. The second kappa shape index (κ2) is 31.9. The summed E-state index contributed by atoms with van der Waals surface area (Å²) in [5.41, 5.74) is 17.7. The van der Waals surface area contributed by atoms with Crippen molar-refractivity contribution < 1.29 is 65.4 Å². The standard InChI is InChI=1S/C54H61Cl4N13O12S2/c55-42-17-19-45(84(78,79)67-40-11-9-37(10-12-40)49(59-22-5-29-71(76)77)44-21-31-82-32-24-61-64-44)47(57)50(42)62-52(73)38-8-4-28-70(34-38)26-2-1-25-69-27-3-7-36(33-69)35-83-66-51-43(56)18-20-46(48(51)58)85(80,81)68-41-15-13-39(14-16-41)63-65-54(75)53(74)60-23-6-30-72/h3-4,7-9,11-21,27-28,33-34,59,66-67,72,76-77H,1-2,5-6,10,22-26,29-32,35H2,(H5-2,60,61,62,63,64,65,68,73,74,75)/p+2. The number of amides is 3. The van der Waals surface area contributed by atoms with E-state index in [-0.39, 0.29) is 89.7 Å². The number of pyridine rings is 2. The zero-order chi connectivity index (χ0) is 60.9. The Hall–Kier alpha value is -7.09. The van der Waals surface area contributed by atoms with Crippen LogP contribution in [0.2, 0.25) is 20.1 Å². The first-order valence-electron chi connectivity index (χ1n) is 26.3. The van der Waals surface area contributed by atoms with Gasteiger partial charge in [0, 0.05) is 68.2 Å². The summed E-state index contributed by atoms with van der Waals surface area (Å²) >= 11 is 26.2. The van der Waals surface area contributed by atoms with Crippen LogP contribution in [-0.2, 0) is 58.9 Å². The molecule has 0 radical (unpaired) electrons. The molecule has 0 unspecified atom stereocenters. The lowest BCUT2D eigenvalue weighted by molar-refractivity contribution is -0.708. The number of hydrazine groups is 2. The van der Waals surface area contributed by atoms with Gasteiger partial charge in [-0.25, -0.2) is 31.4 Å². The van der Waals surface area contributed by atoms with Crippen LogP contribution < -0.4 is 61.7 Å². The third-order valence-corrected chi connectivity index (χ3v) is 16.9. The predicted molar refractivity (Wildman–Crippen MR) is 318 cm³/mol. The van der Waals surface area contributed by atoms with Crippen LogP contribution in [0.4, 0.5) is 22.7 Å². The lowest BCUT2D eigenvalue weighted by atomic mass is 10.0. The van der Waals surface area contributed by atoms with Crippen molar-refractivity contribution in [2.75, 3.05) is 66.9 Å². The van der Waals surface area contributed by atoms with E-state index in [4.69, 9.17) is 71.5 Å². The van der Waals surface area contributed by atoms with Gasteiger partial charge in [0.05, 0.1) is 68.3 Å². The van der Waals surface area contributed by atoms with E-state index in [9.17, 15) is 31.2 Å². The lowest BCUT2D eigenvalue weighted by Crippen LogP contribution is -2.42. The van der Waals surface area contributed by atoms with E-state index >= 15 is 0 Å². The Morgan fingerprint density at radius 3 is 2.08 bits per heavy atom. The smallest absolute Gasteiger partial charge is 0.327 e. The number of allylic oxidation sites excluding steroid dienone is 4. The summed E-state index contributed by atoms with van der Waals surface area (Å²) in [7, 11) is -8.57. The number of aliphatic hydroxyl groups excluding tert-OH is 1. The van der Waals surface area contributed by atoms with Crippen molar-refractivity contribution in [1.29, 1.82) is 0 Å². The number of aromatic nitrogens is 2. The molecule has 454 valence electrons. The van der Waals surface area contributed by atoms with Crippen molar-refractivity contribution in [3.05, 3.63) is 176 Å². The number of rotatable bonds is 28. The highest BCUT2D eigenvalue weighted by molar-refractivity contribution is 7.92. The second-order valence-electron chi connectivity index (χ2n) is 18.7. The SMILES string of the molecule is O=C(NCCCO)C(=O)NNc1ccc(NS(=O)(=O)c2ccc(Cl)c(NOCc3ccc[n+](CCCC[n+]4cccc(C(=O)Nc5c(Cl)ccc(S(=O)(=O)NC6=CCC(=C(NCCCN(O)O)C7=CCOCCNN7)C=C6)c5Cl)c4)c3)c2Cl)cc1. The maximum absolute atomic E-state index is 13.8. The third-order valence-electron chi connectivity index (χ3n) is 12.4. The average molecular weight is 1290 g/mol. The van der Waals surface area contributed by atoms with Gasteiger partial charge in [0.2, 0.25) is 0 Å². The molecule has 2 aliphatic rings. The molecule has 3 aromatic carbocycles. The summed E-state index contributed by atoms with van der Waals surface area (Å²) in [6, 6.07) is 18.0. The monoisotopic (exact) mass is 1290 g/mol. The van der Waals surface area contributed by atoms with Crippen molar-refractivity contribution in [3.8, 4) is 0 Å². The summed E-state index contributed by atoms with van der Waals surface area (Å²) < 4.78 is 69.0. The van der Waals surface area contributed by atoms with Crippen LogP contribution in [-0.4, -0.2) is 101 Å². The number of ether oxygens (including phenoxy) is 1. The molecule has 5 aromatic rings. The molecule has 0 fully saturated rings. The fraction of sp³-hybridized carbons (Fsp3) is 0.278. The van der Waals surface area contributed by atoms with Gasteiger partial charge in [-0.15, -0.1) is 0 Å². The van der Waals surface area contributed by atoms with Crippen molar-refractivity contribution in [1.82, 2.24) is 36.9 Å². The van der Waals surface area contributed by atoms with Crippen molar-refractivity contribution in [2.45, 2.75) is 61.6 Å². The number of hydroxylamine groups is 2. The molecule has 0 saturated heterocycles. The van der Waals surface area contributed by atoms with Crippen LogP contribution in [0.3, 0.4) is 0 Å². The molecule has 1 aliphatic carbocycles. The van der Waals surface area contributed by atoms with Crippen LogP contribution >= 0.6 is 46.4 Å². The predicted octanol–water partition coefficient (Wildman–Crippen LogP) is 5.34. The first-order chi connectivity index (χ1) is 40.8. The number of carbonyl (C=O) groups is 3. The van der Waals surface area contributed by atoms with Crippen molar-refractivity contribution in [3.63, 3.8) is 0 Å². The molecule has 7 rings (SSSR count). The molecule has 3 amide bonds. The first-order valence-corrected chi connectivity index (χ1v) is 30.8. The molecule has 13 N–H and O–H groups in total. The van der Waals surface area contributed by atoms with Gasteiger partial charge in [-0.3, -0.25) is 55.4 Å². The molecule has 0 saturated carbocycles. The Morgan fingerprint density at radius 2 is 1.39 bits per heavy atom. The van der Waals surface area contributed by atoms with Gasteiger partial charge in [0.15, 0.2) is 24.8 Å². The van der Waals surface area contributed by atoms with E-state index in [0.29, 0.717) is 75.7 Å². The molecule has 2 aromatic heterocycles. The Kier molecular flexibility index (Phi) is 24.5. The van der Waals surface area contributed by atoms with Gasteiger partial charge in [0.1, 0.15) is 35.1 Å². The van der Waals surface area contributed by atoms with E-state index in [1.165, 1.54) is 48.5 Å². The Balaban J connectivity index is 0.882. The van der Waals surface area contributed by atoms with E-state index in [1.54, 1.807) is 36.6 Å². The van der Waals surface area contributed by atoms with Gasteiger partial charge >= 0.3 is 11.8 Å². The average Bonchev–Trinajstić information content (AvgIpc) is 3.29. The van der Waals surface area contributed by atoms with Crippen LogP contribution in [0.15, 0.2) is 154 Å². The molecule has 25 nitrogen and oxygen atoms in total. The maximum Gasteiger partial charge on any atom is 0.327 e. The zero-order valence-corrected chi connectivity index (χ0v) is 50.0. The van der Waals surface area contributed by atoms with E-state index in [0.717, 1.165) is 24.0 Å². The minimum Gasteiger partial charge on any atom is -0.396 e. The normalized spacial score (nSPS) is 14.2. The number of anilines is 4. The minimum atomic E-state index is -4.31. The van der Waals surface area contributed by atoms with E-state index < -0.39 is 37.8 Å². The largest absolute Gasteiger partial charge is 0.396 e. The fourth-order valence-electron chi connectivity index (χ4n) is 8.19. The first kappa shape index (κ1) is 65.5. The van der Waals surface area contributed by atoms with Crippen LogP contribution in [0.5, 0.6) is 0 Å². The fourth-order valence-corrected chi connectivity index (χ4v) is 12.0. The lowest BCUT2D eigenvalue weighted by Gasteiger charge is -2.23. The van der Waals surface area contributed by atoms with Crippen LogP contribution in [0.25, 0.3) is 0 Å². The van der Waals surface area contributed by atoms with Gasteiger partial charge in [0.25, 0.3) is 26.0 Å². The summed E-state index contributed by atoms with van der Waals surface area (Å²) in [6.07, 6.45) is 16.7. The van der Waals surface area contributed by atoms with Crippen LogP contribution in [0.1, 0.15) is 48.0 Å². The molecular weight excluding hydrogens is 1230 g/mol. The maximum atomic E-state index is 13.8. The van der Waals surface area contributed by atoms with Gasteiger partial charge in [-0.1, -0.05) is 63.8 Å². The summed E-state index contributed by atoms with van der Waals surface area (Å²) in [6.45, 7) is 3.04. The number of unbranched alkanes of at least 4 members (excludes halogenated alkanes) is 1. The number of sulfonamides is 2. The molecule has 85 heavy (non-hydrogen) atoms. The number of nitrogens with zero attached hydrogens (tertiary/aromatic N) is 3. The number of aryl methyl sites for hydroxylation is 2. The van der Waals surface area contributed by atoms with Crippen LogP contribution in [0, 0.1) is 0 Å². The number of nitrogens with one attached hydrogen (secondary N) is 10. The van der Waals surface area contributed by atoms with Gasteiger partial charge in [-0.05, 0) is 97.7 Å². The Morgan fingerprint density at radius 1 is 0.729 bits per heavy atom. The summed E-state index contributed by atoms with van der Waals surface area (Å²) in [5, 5.41) is 35.2. The Labute approximate surface area is 510 Å². The van der Waals surface area contributed by atoms with Gasteiger partial charge in [-0.2, -0.15) is 0 Å². The van der Waals surface area contributed by atoms with E-state index in [1.807, 2.05) is 45.9 Å². The van der Waals surface area contributed by atoms with Gasteiger partial charge < -0.3 is 31.2 Å². The molecule has 1 aliphatic heterocycles. The number of hydrogen-bond acceptors (Lipinski definition) is 18. The number of carbonyl (C=O) groups excluding carboxylic acids is 3. The minimum absolute atomic E-state index is 0.0152. The quantitative estimate of drug-likeness (QED) is 0.0130.